The predicted octanol–water partition coefficient (Wildman–Crippen LogP) is 2.59. The number of hydrogen-bond donors (Lipinski definition) is 2. The third-order valence-electron chi connectivity index (χ3n) is 3.79. The van der Waals surface area contributed by atoms with E-state index in [4.69, 9.17) is 0 Å². The summed E-state index contributed by atoms with van der Waals surface area (Å²) in [6.07, 6.45) is -1.08. The normalized spacial score (nSPS) is 19.1. The third-order valence-corrected chi connectivity index (χ3v) is 3.79. The highest BCUT2D eigenvalue weighted by Crippen LogP contribution is 2.28. The van der Waals surface area contributed by atoms with Crippen molar-refractivity contribution in [1.29, 1.82) is 0 Å². The minimum atomic E-state index is -4.73. The first-order chi connectivity index (χ1) is 11.4. The molecule has 1 aliphatic heterocycles. The van der Waals surface area contributed by atoms with Crippen LogP contribution in [0.3, 0.4) is 0 Å². The van der Waals surface area contributed by atoms with E-state index in [0.29, 0.717) is 25.2 Å². The average Bonchev–Trinajstić information content (AvgIpc) is 3.00. The maximum Gasteiger partial charge on any atom is 0.573 e. The zero-order valence-corrected chi connectivity index (χ0v) is 12.6. The molecule has 2 aromatic rings. The summed E-state index contributed by atoms with van der Waals surface area (Å²) in [5, 5.41) is 2.79. The lowest BCUT2D eigenvalue weighted by Crippen LogP contribution is -2.49. The number of hydrogen-bond acceptors (Lipinski definition) is 3. The van der Waals surface area contributed by atoms with Gasteiger partial charge in [-0.05, 0) is 29.3 Å². The number of aromatic amines is 1. The van der Waals surface area contributed by atoms with Gasteiger partial charge in [0.05, 0.1) is 0 Å². The lowest BCUT2D eigenvalue weighted by atomic mass is 10.0. The van der Waals surface area contributed by atoms with Gasteiger partial charge in [0.2, 0.25) is 5.91 Å². The van der Waals surface area contributed by atoms with E-state index in [9.17, 15) is 18.0 Å². The molecule has 1 atom stereocenters. The Morgan fingerprint density at radius 1 is 1.21 bits per heavy atom. The molecule has 1 amide bonds. The molecule has 5 nitrogen and oxygen atoms in total. The lowest BCUT2D eigenvalue weighted by molar-refractivity contribution is -0.274. The van der Waals surface area contributed by atoms with Crippen molar-refractivity contribution in [2.24, 2.45) is 0 Å². The number of nitrogens with zero attached hydrogens (tertiary/aromatic N) is 1. The van der Waals surface area contributed by atoms with Crippen LogP contribution in [-0.4, -0.2) is 35.2 Å². The summed E-state index contributed by atoms with van der Waals surface area (Å²) in [6.45, 7) is 1.76. The summed E-state index contributed by atoms with van der Waals surface area (Å²) >= 11 is 0. The van der Waals surface area contributed by atoms with E-state index >= 15 is 0 Å². The van der Waals surface area contributed by atoms with Gasteiger partial charge in [-0.1, -0.05) is 12.1 Å². The van der Waals surface area contributed by atoms with Crippen LogP contribution in [0.1, 0.15) is 17.2 Å². The van der Waals surface area contributed by atoms with Crippen LogP contribution in [0, 0.1) is 0 Å². The maximum absolute atomic E-state index is 12.3. The third kappa shape index (κ3) is 3.88. The fourth-order valence-corrected chi connectivity index (χ4v) is 2.79. The summed E-state index contributed by atoms with van der Waals surface area (Å²) in [5.74, 6) is -0.471. The van der Waals surface area contributed by atoms with Crippen molar-refractivity contribution in [3.05, 3.63) is 53.9 Å². The molecule has 1 saturated heterocycles. The fourth-order valence-electron chi connectivity index (χ4n) is 2.79. The Hall–Kier alpha value is -2.48. The number of carbonyl (C=O) groups excluding carboxylic acids is 1. The Labute approximate surface area is 136 Å². The monoisotopic (exact) mass is 339 g/mol. The van der Waals surface area contributed by atoms with Gasteiger partial charge < -0.3 is 15.0 Å². The molecular weight excluding hydrogens is 323 g/mol. The van der Waals surface area contributed by atoms with Gasteiger partial charge in [0.15, 0.2) is 0 Å². The highest BCUT2D eigenvalue weighted by Gasteiger charge is 2.33. The SMILES string of the molecule is O=C1NCCN(Cc2cc[nH]c2)C1c1ccc(OC(F)(F)F)cc1. The summed E-state index contributed by atoms with van der Waals surface area (Å²) < 4.78 is 40.6. The van der Waals surface area contributed by atoms with Crippen LogP contribution in [0.4, 0.5) is 13.2 Å². The number of nitrogens with one attached hydrogen (secondary N) is 2. The van der Waals surface area contributed by atoms with Gasteiger partial charge in [-0.2, -0.15) is 0 Å². The van der Waals surface area contributed by atoms with E-state index in [1.807, 2.05) is 17.2 Å². The van der Waals surface area contributed by atoms with E-state index < -0.39 is 12.4 Å². The second kappa shape index (κ2) is 6.56. The summed E-state index contributed by atoms with van der Waals surface area (Å²) in [7, 11) is 0. The Morgan fingerprint density at radius 3 is 2.58 bits per heavy atom. The molecule has 1 unspecified atom stereocenters. The molecule has 0 radical (unpaired) electrons. The van der Waals surface area contributed by atoms with Gasteiger partial charge in [-0.25, -0.2) is 0 Å². The first kappa shape index (κ1) is 16.4. The van der Waals surface area contributed by atoms with Gasteiger partial charge in [0.1, 0.15) is 11.8 Å². The van der Waals surface area contributed by atoms with Crippen molar-refractivity contribution in [3.8, 4) is 5.75 Å². The highest BCUT2D eigenvalue weighted by atomic mass is 19.4. The highest BCUT2D eigenvalue weighted by molar-refractivity contribution is 5.84. The molecule has 2 heterocycles. The van der Waals surface area contributed by atoms with Crippen molar-refractivity contribution in [3.63, 3.8) is 0 Å². The van der Waals surface area contributed by atoms with Crippen LogP contribution >= 0.6 is 0 Å². The second-order valence-electron chi connectivity index (χ2n) is 5.50. The van der Waals surface area contributed by atoms with Crippen molar-refractivity contribution in [2.75, 3.05) is 13.1 Å². The first-order valence-electron chi connectivity index (χ1n) is 7.41. The molecule has 1 fully saturated rings. The van der Waals surface area contributed by atoms with E-state index in [1.54, 1.807) is 6.20 Å². The molecule has 1 aliphatic rings. The van der Waals surface area contributed by atoms with Crippen molar-refractivity contribution in [1.82, 2.24) is 15.2 Å². The van der Waals surface area contributed by atoms with E-state index in [1.165, 1.54) is 24.3 Å². The number of benzene rings is 1. The predicted molar refractivity (Wildman–Crippen MR) is 80.1 cm³/mol. The smallest absolute Gasteiger partial charge is 0.406 e. The molecular formula is C16H16F3N3O2. The minimum absolute atomic E-state index is 0.165. The van der Waals surface area contributed by atoms with Crippen LogP contribution in [0.25, 0.3) is 0 Å². The number of aromatic nitrogens is 1. The summed E-state index contributed by atoms with van der Waals surface area (Å²) in [5.41, 5.74) is 1.66. The van der Waals surface area contributed by atoms with Gasteiger partial charge in [0, 0.05) is 32.0 Å². The molecule has 1 aromatic heterocycles. The van der Waals surface area contributed by atoms with Gasteiger partial charge in [-0.15, -0.1) is 13.2 Å². The molecule has 2 N–H and O–H groups in total. The van der Waals surface area contributed by atoms with Crippen LogP contribution in [0.5, 0.6) is 5.75 Å². The number of amides is 1. The zero-order valence-electron chi connectivity index (χ0n) is 12.6. The van der Waals surface area contributed by atoms with E-state index in [0.717, 1.165) is 5.56 Å². The van der Waals surface area contributed by atoms with Gasteiger partial charge in [-0.3, -0.25) is 9.69 Å². The molecule has 1 aromatic carbocycles. The number of H-pyrrole nitrogens is 1. The van der Waals surface area contributed by atoms with Crippen LogP contribution in [0.2, 0.25) is 0 Å². The quantitative estimate of drug-likeness (QED) is 0.900. The molecule has 128 valence electrons. The fraction of sp³-hybridized carbons (Fsp3) is 0.312. The van der Waals surface area contributed by atoms with Crippen LogP contribution < -0.4 is 10.1 Å². The van der Waals surface area contributed by atoms with Gasteiger partial charge >= 0.3 is 6.36 Å². The van der Waals surface area contributed by atoms with Crippen molar-refractivity contribution >= 4 is 5.91 Å². The standard InChI is InChI=1S/C16H16F3N3O2/c17-16(18,19)24-13-3-1-12(2-4-13)14-15(23)21-7-8-22(14)10-11-5-6-20-9-11/h1-6,9,14,20H,7-8,10H2,(H,21,23). The Kier molecular flexibility index (Phi) is 4.48. The summed E-state index contributed by atoms with van der Waals surface area (Å²) in [4.78, 5) is 17.2. The molecule has 3 rings (SSSR count). The second-order valence-corrected chi connectivity index (χ2v) is 5.50. The molecule has 8 heteroatoms. The maximum atomic E-state index is 12.3. The van der Waals surface area contributed by atoms with Crippen molar-refractivity contribution in [2.45, 2.75) is 18.9 Å². The topological polar surface area (TPSA) is 57.4 Å². The number of piperazine rings is 1. The zero-order chi connectivity index (χ0) is 17.2. The Balaban J connectivity index is 1.79. The van der Waals surface area contributed by atoms with E-state index in [-0.39, 0.29) is 11.7 Å². The Morgan fingerprint density at radius 2 is 1.96 bits per heavy atom. The molecule has 0 spiro atoms. The minimum Gasteiger partial charge on any atom is -0.406 e. The van der Waals surface area contributed by atoms with E-state index in [2.05, 4.69) is 15.0 Å². The number of halogens is 3. The van der Waals surface area contributed by atoms with Crippen molar-refractivity contribution < 1.29 is 22.7 Å². The van der Waals surface area contributed by atoms with Crippen LogP contribution in [-0.2, 0) is 11.3 Å². The summed E-state index contributed by atoms with van der Waals surface area (Å²) in [6, 6.07) is 6.79. The molecule has 0 saturated carbocycles. The number of carbonyl (C=O) groups is 1. The molecule has 0 bridgehead atoms. The van der Waals surface area contributed by atoms with Crippen LogP contribution in [0.15, 0.2) is 42.7 Å². The number of ether oxygens (including phenoxy) is 1. The average molecular weight is 339 g/mol. The number of alkyl halides is 3. The first-order valence-corrected chi connectivity index (χ1v) is 7.41. The molecule has 0 aliphatic carbocycles. The van der Waals surface area contributed by atoms with Gasteiger partial charge in [0.25, 0.3) is 0 Å². The molecule has 24 heavy (non-hydrogen) atoms. The lowest BCUT2D eigenvalue weighted by Gasteiger charge is -2.35. The number of rotatable bonds is 4. The largest absolute Gasteiger partial charge is 0.573 e. The Bertz CT molecular complexity index is 684.